The van der Waals surface area contributed by atoms with Crippen LogP contribution in [-0.4, -0.2) is 17.5 Å². The summed E-state index contributed by atoms with van der Waals surface area (Å²) in [7, 11) is 0. The van der Waals surface area contributed by atoms with Crippen LogP contribution in [0.3, 0.4) is 0 Å². The zero-order valence-corrected chi connectivity index (χ0v) is 15.3. The third-order valence-corrected chi connectivity index (χ3v) is 5.51. The van der Waals surface area contributed by atoms with Crippen LogP contribution in [0.5, 0.6) is 0 Å². The van der Waals surface area contributed by atoms with Crippen LogP contribution in [-0.2, 0) is 0 Å². The summed E-state index contributed by atoms with van der Waals surface area (Å²) in [6.45, 7) is 3.21. The first kappa shape index (κ1) is 17.0. The highest BCUT2D eigenvalue weighted by atomic mass is 15.3. The Labute approximate surface area is 156 Å². The zero-order valence-electron chi connectivity index (χ0n) is 15.3. The first-order chi connectivity index (χ1) is 12.7. The third-order valence-electron chi connectivity index (χ3n) is 5.51. The fourth-order valence-corrected chi connectivity index (χ4v) is 4.08. The molecule has 0 aliphatic carbocycles. The van der Waals surface area contributed by atoms with Crippen molar-refractivity contribution in [1.82, 2.24) is 4.90 Å². The molecule has 2 nitrogen and oxygen atoms in total. The topological polar surface area (TPSA) is 29.3 Å². The van der Waals surface area contributed by atoms with Crippen molar-refractivity contribution in [2.24, 2.45) is 5.73 Å². The van der Waals surface area contributed by atoms with Gasteiger partial charge >= 0.3 is 0 Å². The van der Waals surface area contributed by atoms with Crippen LogP contribution in [0.4, 0.5) is 0 Å². The minimum absolute atomic E-state index is 0.0403. The molecule has 0 amide bonds. The molecule has 1 saturated heterocycles. The molecule has 2 heteroatoms. The average Bonchev–Trinajstić information content (AvgIpc) is 2.66. The van der Waals surface area contributed by atoms with Crippen LogP contribution in [0.15, 0.2) is 84.9 Å². The van der Waals surface area contributed by atoms with E-state index in [1.807, 2.05) is 0 Å². The lowest BCUT2D eigenvalue weighted by Crippen LogP contribution is -2.54. The van der Waals surface area contributed by atoms with E-state index >= 15 is 0 Å². The number of nitrogens with two attached hydrogens (primary N) is 1. The highest BCUT2D eigenvalue weighted by molar-refractivity contribution is 5.34. The van der Waals surface area contributed by atoms with E-state index in [1.54, 1.807) is 0 Å². The molecule has 26 heavy (non-hydrogen) atoms. The van der Waals surface area contributed by atoms with E-state index in [4.69, 9.17) is 5.73 Å². The summed E-state index contributed by atoms with van der Waals surface area (Å²) < 4.78 is 0. The van der Waals surface area contributed by atoms with Gasteiger partial charge in [0.25, 0.3) is 0 Å². The Kier molecular flexibility index (Phi) is 4.87. The number of nitrogens with zero attached hydrogens (tertiary/aromatic N) is 1. The number of hydrogen-bond donors (Lipinski definition) is 1. The SMILES string of the molecule is Cc1cccc([C@H](N)[C@@H]2CCN2C(c2ccccc2)c2ccccc2)c1. The molecule has 3 aromatic rings. The van der Waals surface area contributed by atoms with Crippen molar-refractivity contribution in [1.29, 1.82) is 0 Å². The largest absolute Gasteiger partial charge is 0.323 e. The fourth-order valence-electron chi connectivity index (χ4n) is 4.08. The fraction of sp³-hybridized carbons (Fsp3) is 0.250. The Hall–Kier alpha value is -2.42. The lowest BCUT2D eigenvalue weighted by molar-refractivity contribution is 0.0392. The van der Waals surface area contributed by atoms with Crippen molar-refractivity contribution in [2.45, 2.75) is 31.5 Å². The van der Waals surface area contributed by atoms with Gasteiger partial charge in [0, 0.05) is 18.6 Å². The molecule has 3 aromatic carbocycles. The van der Waals surface area contributed by atoms with Crippen LogP contribution in [0.1, 0.15) is 40.8 Å². The Balaban J connectivity index is 1.66. The summed E-state index contributed by atoms with van der Waals surface area (Å²) in [5.74, 6) is 0. The number of rotatable bonds is 5. The van der Waals surface area contributed by atoms with E-state index in [9.17, 15) is 0 Å². The van der Waals surface area contributed by atoms with Crippen molar-refractivity contribution in [2.75, 3.05) is 6.54 Å². The molecule has 132 valence electrons. The molecule has 1 fully saturated rings. The highest BCUT2D eigenvalue weighted by Crippen LogP contribution is 2.39. The van der Waals surface area contributed by atoms with Gasteiger partial charge in [-0.05, 0) is 30.0 Å². The number of benzene rings is 3. The summed E-state index contributed by atoms with van der Waals surface area (Å²) in [6.07, 6.45) is 1.14. The van der Waals surface area contributed by atoms with Gasteiger partial charge in [0.15, 0.2) is 0 Å². The first-order valence-corrected chi connectivity index (χ1v) is 9.42. The van der Waals surface area contributed by atoms with Gasteiger partial charge in [-0.1, -0.05) is 90.5 Å². The van der Waals surface area contributed by atoms with Crippen molar-refractivity contribution >= 4 is 0 Å². The van der Waals surface area contributed by atoms with E-state index in [2.05, 4.69) is 96.8 Å². The second kappa shape index (κ2) is 7.45. The Morgan fingerprint density at radius 2 is 1.38 bits per heavy atom. The lowest BCUT2D eigenvalue weighted by Gasteiger charge is -2.49. The molecule has 0 radical (unpaired) electrons. The monoisotopic (exact) mass is 342 g/mol. The predicted molar refractivity (Wildman–Crippen MR) is 108 cm³/mol. The minimum atomic E-state index is 0.0403. The van der Waals surface area contributed by atoms with Crippen molar-refractivity contribution in [3.05, 3.63) is 107 Å². The Morgan fingerprint density at radius 3 is 1.88 bits per heavy atom. The molecule has 2 atom stereocenters. The molecule has 0 bridgehead atoms. The van der Waals surface area contributed by atoms with Gasteiger partial charge in [0.2, 0.25) is 0 Å². The van der Waals surface area contributed by atoms with Gasteiger partial charge in [-0.3, -0.25) is 4.90 Å². The van der Waals surface area contributed by atoms with Crippen molar-refractivity contribution < 1.29 is 0 Å². The second-order valence-electron chi connectivity index (χ2n) is 7.26. The third kappa shape index (κ3) is 3.31. The highest BCUT2D eigenvalue weighted by Gasteiger charge is 2.39. The lowest BCUT2D eigenvalue weighted by atomic mass is 9.85. The van der Waals surface area contributed by atoms with Gasteiger partial charge in [-0.2, -0.15) is 0 Å². The maximum absolute atomic E-state index is 6.71. The standard InChI is InChI=1S/C24H26N2/c1-18-9-8-14-21(17-18)23(25)22-15-16-26(22)24(19-10-4-2-5-11-19)20-12-6-3-7-13-20/h2-14,17,22-24H,15-16,25H2,1H3/t22-,23-/m0/s1. The predicted octanol–water partition coefficient (Wildman–Crippen LogP) is 4.86. The van der Waals surface area contributed by atoms with Gasteiger partial charge in [0.05, 0.1) is 6.04 Å². The quantitative estimate of drug-likeness (QED) is 0.717. The van der Waals surface area contributed by atoms with Gasteiger partial charge in [-0.25, -0.2) is 0 Å². The first-order valence-electron chi connectivity index (χ1n) is 9.42. The molecule has 1 aliphatic heterocycles. The smallest absolute Gasteiger partial charge is 0.0604 e. The minimum Gasteiger partial charge on any atom is -0.323 e. The summed E-state index contributed by atoms with van der Waals surface area (Å²) in [6, 6.07) is 30.9. The van der Waals surface area contributed by atoms with Gasteiger partial charge in [-0.15, -0.1) is 0 Å². The summed E-state index contributed by atoms with van der Waals surface area (Å²) >= 11 is 0. The molecular formula is C24H26N2. The van der Waals surface area contributed by atoms with E-state index in [0.717, 1.165) is 13.0 Å². The average molecular weight is 342 g/mol. The van der Waals surface area contributed by atoms with E-state index in [1.165, 1.54) is 22.3 Å². The molecule has 1 aliphatic rings. The van der Waals surface area contributed by atoms with Crippen LogP contribution in [0.25, 0.3) is 0 Å². The van der Waals surface area contributed by atoms with Crippen molar-refractivity contribution in [3.8, 4) is 0 Å². The number of likely N-dealkylation sites (tertiary alicyclic amines) is 1. The molecular weight excluding hydrogens is 316 g/mol. The van der Waals surface area contributed by atoms with Crippen LogP contribution >= 0.6 is 0 Å². The number of aryl methyl sites for hydroxylation is 1. The van der Waals surface area contributed by atoms with Crippen LogP contribution < -0.4 is 5.73 Å². The Morgan fingerprint density at radius 1 is 0.808 bits per heavy atom. The second-order valence-corrected chi connectivity index (χ2v) is 7.26. The van der Waals surface area contributed by atoms with E-state index in [-0.39, 0.29) is 12.1 Å². The van der Waals surface area contributed by atoms with Gasteiger partial charge in [0.1, 0.15) is 0 Å². The van der Waals surface area contributed by atoms with Crippen molar-refractivity contribution in [3.63, 3.8) is 0 Å². The summed E-state index contributed by atoms with van der Waals surface area (Å²) in [5, 5.41) is 0. The maximum Gasteiger partial charge on any atom is 0.0604 e. The summed E-state index contributed by atoms with van der Waals surface area (Å²) in [4.78, 5) is 2.57. The molecule has 2 N–H and O–H groups in total. The van der Waals surface area contributed by atoms with Gasteiger partial charge < -0.3 is 5.73 Å². The molecule has 1 heterocycles. The molecule has 4 rings (SSSR count). The summed E-state index contributed by atoms with van der Waals surface area (Å²) in [5.41, 5.74) is 11.9. The molecule has 0 aromatic heterocycles. The van der Waals surface area contributed by atoms with E-state index < -0.39 is 0 Å². The molecule has 0 spiro atoms. The van der Waals surface area contributed by atoms with Crippen LogP contribution in [0, 0.1) is 6.92 Å². The maximum atomic E-state index is 6.71. The van der Waals surface area contributed by atoms with E-state index in [0.29, 0.717) is 6.04 Å². The Bertz CT molecular complexity index is 805. The number of hydrogen-bond acceptors (Lipinski definition) is 2. The molecule has 0 unspecified atom stereocenters. The van der Waals surface area contributed by atoms with Crippen LogP contribution in [0.2, 0.25) is 0 Å². The molecule has 0 saturated carbocycles. The zero-order chi connectivity index (χ0) is 17.9. The normalized spacial score (nSPS) is 18.5.